The summed E-state index contributed by atoms with van der Waals surface area (Å²) in [4.78, 5) is 0. The highest BCUT2D eigenvalue weighted by Crippen LogP contribution is 2.35. The average molecular weight is 217 g/mol. The Morgan fingerprint density at radius 3 is 2.27 bits per heavy atom. The molecule has 0 saturated carbocycles. The van der Waals surface area contributed by atoms with E-state index in [4.69, 9.17) is 0 Å². The Bertz CT molecular complexity index is 356. The molecule has 0 atom stereocenters. The Morgan fingerprint density at radius 1 is 1.20 bits per heavy atom. The van der Waals surface area contributed by atoms with Crippen molar-refractivity contribution in [1.29, 1.82) is 0 Å². The molecule has 0 aromatic heterocycles. The van der Waals surface area contributed by atoms with Gasteiger partial charge in [0.05, 0.1) is 5.56 Å². The topological polar surface area (TPSA) is 12.0 Å². The summed E-state index contributed by atoms with van der Waals surface area (Å²) in [5, 5.41) is 2.93. The van der Waals surface area contributed by atoms with Crippen LogP contribution in [0.3, 0.4) is 0 Å². The molecule has 0 radical (unpaired) electrons. The molecule has 1 N–H and O–H groups in total. The maximum atomic E-state index is 12.6. The van der Waals surface area contributed by atoms with E-state index in [1.165, 1.54) is 13.0 Å². The second-order valence-corrected chi connectivity index (χ2v) is 3.51. The van der Waals surface area contributed by atoms with Gasteiger partial charge in [0.15, 0.2) is 0 Å². The van der Waals surface area contributed by atoms with Gasteiger partial charge in [-0.05, 0) is 44.0 Å². The van der Waals surface area contributed by atoms with Gasteiger partial charge >= 0.3 is 6.18 Å². The minimum Gasteiger partial charge on any atom is -0.385 e. The molecule has 84 valence electrons. The Morgan fingerprint density at radius 2 is 1.80 bits per heavy atom. The average Bonchev–Trinajstić information content (AvgIpc) is 2.09. The maximum absolute atomic E-state index is 12.6. The van der Waals surface area contributed by atoms with Crippen LogP contribution in [-0.2, 0) is 6.18 Å². The van der Waals surface area contributed by atoms with Crippen molar-refractivity contribution >= 4 is 5.69 Å². The van der Waals surface area contributed by atoms with Crippen molar-refractivity contribution in [3.05, 3.63) is 28.8 Å². The number of halogens is 3. The predicted octanol–water partition coefficient (Wildman–Crippen LogP) is 3.75. The number of aryl methyl sites for hydroxylation is 1. The van der Waals surface area contributed by atoms with Gasteiger partial charge in [0.2, 0.25) is 0 Å². The van der Waals surface area contributed by atoms with E-state index in [1.807, 2.05) is 6.92 Å². The summed E-state index contributed by atoms with van der Waals surface area (Å²) < 4.78 is 37.9. The van der Waals surface area contributed by atoms with Crippen molar-refractivity contribution < 1.29 is 13.2 Å². The second kappa shape index (κ2) is 4.13. The predicted molar refractivity (Wildman–Crippen MR) is 55.1 cm³/mol. The van der Waals surface area contributed by atoms with Crippen LogP contribution in [0.1, 0.15) is 23.6 Å². The van der Waals surface area contributed by atoms with Gasteiger partial charge in [-0.25, -0.2) is 0 Å². The fourth-order valence-electron chi connectivity index (χ4n) is 1.53. The molecule has 0 bridgehead atoms. The molecule has 0 fully saturated rings. The lowest BCUT2D eigenvalue weighted by Crippen LogP contribution is -2.10. The highest BCUT2D eigenvalue weighted by molar-refractivity contribution is 5.56. The lowest BCUT2D eigenvalue weighted by molar-refractivity contribution is -0.138. The molecule has 15 heavy (non-hydrogen) atoms. The second-order valence-electron chi connectivity index (χ2n) is 3.51. The Labute approximate surface area is 87.3 Å². The number of alkyl halides is 3. The van der Waals surface area contributed by atoms with Gasteiger partial charge in [-0.1, -0.05) is 0 Å². The van der Waals surface area contributed by atoms with Crippen LogP contribution < -0.4 is 5.32 Å². The third-order valence-electron chi connectivity index (χ3n) is 2.22. The molecular weight excluding hydrogens is 203 g/mol. The van der Waals surface area contributed by atoms with Crippen LogP contribution in [-0.4, -0.2) is 6.54 Å². The molecule has 1 rings (SSSR count). The van der Waals surface area contributed by atoms with Crippen LogP contribution >= 0.6 is 0 Å². The Kier molecular flexibility index (Phi) is 3.27. The molecule has 0 aliphatic carbocycles. The van der Waals surface area contributed by atoms with Crippen molar-refractivity contribution in [2.75, 3.05) is 11.9 Å². The van der Waals surface area contributed by atoms with Gasteiger partial charge in [0.1, 0.15) is 0 Å². The number of hydrogen-bond acceptors (Lipinski definition) is 1. The maximum Gasteiger partial charge on any atom is 0.416 e. The Balaban J connectivity index is 3.28. The van der Waals surface area contributed by atoms with Crippen LogP contribution in [0.4, 0.5) is 18.9 Å². The van der Waals surface area contributed by atoms with E-state index in [0.29, 0.717) is 17.8 Å². The van der Waals surface area contributed by atoms with Gasteiger partial charge < -0.3 is 5.32 Å². The molecule has 0 spiro atoms. The van der Waals surface area contributed by atoms with E-state index in [2.05, 4.69) is 5.32 Å². The lowest BCUT2D eigenvalue weighted by Gasteiger charge is -2.16. The SMILES string of the molecule is CCNc1cc(C)cc(C(F)(F)F)c1C. The number of hydrogen-bond donors (Lipinski definition) is 1. The molecule has 4 heteroatoms. The van der Waals surface area contributed by atoms with Crippen molar-refractivity contribution in [1.82, 2.24) is 0 Å². The molecule has 1 aromatic carbocycles. The first-order valence-electron chi connectivity index (χ1n) is 4.78. The summed E-state index contributed by atoms with van der Waals surface area (Å²) in [5.41, 5.74) is 0.877. The summed E-state index contributed by atoms with van der Waals surface area (Å²) in [6.45, 7) is 5.62. The lowest BCUT2D eigenvalue weighted by atomic mass is 10.0. The zero-order valence-corrected chi connectivity index (χ0v) is 9.00. The van der Waals surface area contributed by atoms with Crippen molar-refractivity contribution in [2.45, 2.75) is 26.9 Å². The van der Waals surface area contributed by atoms with Crippen LogP contribution in [0.5, 0.6) is 0 Å². The highest BCUT2D eigenvalue weighted by Gasteiger charge is 2.33. The summed E-state index contributed by atoms with van der Waals surface area (Å²) in [7, 11) is 0. The fourth-order valence-corrected chi connectivity index (χ4v) is 1.53. The first-order chi connectivity index (χ1) is 6.86. The van der Waals surface area contributed by atoms with E-state index >= 15 is 0 Å². The molecule has 1 aromatic rings. The third-order valence-corrected chi connectivity index (χ3v) is 2.22. The van der Waals surface area contributed by atoms with Crippen LogP contribution in [0.25, 0.3) is 0 Å². The first kappa shape index (κ1) is 11.9. The standard InChI is InChI=1S/C11H14F3N/c1-4-15-10-6-7(2)5-9(8(10)3)11(12,13)14/h5-6,15H,4H2,1-3H3. The van der Waals surface area contributed by atoms with Crippen molar-refractivity contribution in [3.8, 4) is 0 Å². The quantitative estimate of drug-likeness (QED) is 0.795. The zero-order chi connectivity index (χ0) is 11.6. The van der Waals surface area contributed by atoms with Crippen molar-refractivity contribution in [3.63, 3.8) is 0 Å². The summed E-state index contributed by atoms with van der Waals surface area (Å²) in [6.07, 6.45) is -4.28. The number of benzene rings is 1. The van der Waals surface area contributed by atoms with E-state index in [0.717, 1.165) is 0 Å². The fraction of sp³-hybridized carbons (Fsp3) is 0.455. The third kappa shape index (κ3) is 2.64. The van der Waals surface area contributed by atoms with Crippen LogP contribution in [0.15, 0.2) is 12.1 Å². The molecule has 0 amide bonds. The molecule has 0 aliphatic rings. The molecule has 0 aliphatic heterocycles. The molecule has 0 heterocycles. The van der Waals surface area contributed by atoms with Crippen LogP contribution in [0.2, 0.25) is 0 Å². The minimum absolute atomic E-state index is 0.259. The monoisotopic (exact) mass is 217 g/mol. The number of rotatable bonds is 2. The molecular formula is C11H14F3N. The highest BCUT2D eigenvalue weighted by atomic mass is 19.4. The summed E-state index contributed by atoms with van der Waals surface area (Å²) >= 11 is 0. The molecule has 1 nitrogen and oxygen atoms in total. The van der Waals surface area contributed by atoms with E-state index in [9.17, 15) is 13.2 Å². The van der Waals surface area contributed by atoms with Gasteiger partial charge in [-0.2, -0.15) is 13.2 Å². The van der Waals surface area contributed by atoms with Gasteiger partial charge in [-0.3, -0.25) is 0 Å². The number of anilines is 1. The van der Waals surface area contributed by atoms with Crippen LogP contribution in [0, 0.1) is 13.8 Å². The van der Waals surface area contributed by atoms with Gasteiger partial charge in [-0.15, -0.1) is 0 Å². The van der Waals surface area contributed by atoms with E-state index in [-0.39, 0.29) is 5.56 Å². The van der Waals surface area contributed by atoms with E-state index in [1.54, 1.807) is 13.0 Å². The Hall–Kier alpha value is -1.19. The number of nitrogens with one attached hydrogen (secondary N) is 1. The summed E-state index contributed by atoms with van der Waals surface area (Å²) in [5.74, 6) is 0. The smallest absolute Gasteiger partial charge is 0.385 e. The van der Waals surface area contributed by atoms with Gasteiger partial charge in [0.25, 0.3) is 0 Å². The van der Waals surface area contributed by atoms with E-state index < -0.39 is 11.7 Å². The zero-order valence-electron chi connectivity index (χ0n) is 9.00. The largest absolute Gasteiger partial charge is 0.416 e. The minimum atomic E-state index is -4.28. The van der Waals surface area contributed by atoms with Crippen molar-refractivity contribution in [2.24, 2.45) is 0 Å². The molecule has 0 unspecified atom stereocenters. The molecule has 0 saturated heterocycles. The first-order valence-corrected chi connectivity index (χ1v) is 4.78. The normalized spacial score (nSPS) is 11.6. The summed E-state index contributed by atoms with van der Waals surface area (Å²) in [6, 6.07) is 2.91. The van der Waals surface area contributed by atoms with Gasteiger partial charge in [0, 0.05) is 12.2 Å².